The first kappa shape index (κ1) is 11.9. The molecule has 3 rings (SSSR count). The van der Waals surface area contributed by atoms with Crippen molar-refractivity contribution in [3.8, 4) is 0 Å². The summed E-state index contributed by atoms with van der Waals surface area (Å²) in [6.07, 6.45) is 5.26. The number of aromatic amines is 1. The maximum absolute atomic E-state index is 11.8. The molecule has 2 saturated carbocycles. The van der Waals surface area contributed by atoms with Crippen LogP contribution < -0.4 is 5.56 Å². The summed E-state index contributed by atoms with van der Waals surface area (Å²) < 4.78 is 0. The Labute approximate surface area is 108 Å². The van der Waals surface area contributed by atoms with Crippen LogP contribution in [0.25, 0.3) is 0 Å². The van der Waals surface area contributed by atoms with Crippen molar-refractivity contribution in [3.63, 3.8) is 0 Å². The van der Waals surface area contributed by atoms with Gasteiger partial charge in [0.25, 0.3) is 5.56 Å². The molecule has 1 N–H and O–H groups in total. The monoisotopic (exact) mass is 246 g/mol. The quantitative estimate of drug-likeness (QED) is 0.828. The molecule has 2 aliphatic carbocycles. The zero-order valence-corrected chi connectivity index (χ0v) is 11.5. The summed E-state index contributed by atoms with van der Waals surface area (Å²) in [5.41, 5.74) is 0.873. The van der Waals surface area contributed by atoms with E-state index in [-0.39, 0.29) is 11.0 Å². The molecular formula is C15H22N2O. The van der Waals surface area contributed by atoms with E-state index in [1.165, 1.54) is 25.7 Å². The Bertz CT molecular complexity index is 512. The Morgan fingerprint density at radius 3 is 2.61 bits per heavy atom. The molecule has 98 valence electrons. The van der Waals surface area contributed by atoms with Crippen molar-refractivity contribution >= 4 is 0 Å². The Hall–Kier alpha value is -1.12. The van der Waals surface area contributed by atoms with Gasteiger partial charge in [-0.25, -0.2) is 4.98 Å². The van der Waals surface area contributed by atoms with Gasteiger partial charge in [0.2, 0.25) is 0 Å². The van der Waals surface area contributed by atoms with Crippen molar-refractivity contribution in [2.45, 2.75) is 57.8 Å². The van der Waals surface area contributed by atoms with Crippen molar-refractivity contribution in [2.75, 3.05) is 0 Å². The molecule has 3 atom stereocenters. The van der Waals surface area contributed by atoms with Crippen molar-refractivity contribution < 1.29 is 0 Å². The van der Waals surface area contributed by atoms with E-state index in [4.69, 9.17) is 4.98 Å². The van der Waals surface area contributed by atoms with Crippen molar-refractivity contribution in [1.82, 2.24) is 9.97 Å². The van der Waals surface area contributed by atoms with E-state index in [9.17, 15) is 4.79 Å². The van der Waals surface area contributed by atoms with E-state index >= 15 is 0 Å². The summed E-state index contributed by atoms with van der Waals surface area (Å²) in [4.78, 5) is 19.6. The van der Waals surface area contributed by atoms with E-state index < -0.39 is 0 Å². The molecule has 0 saturated heterocycles. The maximum atomic E-state index is 11.8. The van der Waals surface area contributed by atoms with Crippen LogP contribution in [0.2, 0.25) is 0 Å². The lowest BCUT2D eigenvalue weighted by atomic mass is 9.87. The molecule has 0 aromatic carbocycles. The molecule has 2 fully saturated rings. The van der Waals surface area contributed by atoms with Crippen LogP contribution in [0, 0.1) is 11.8 Å². The molecule has 18 heavy (non-hydrogen) atoms. The van der Waals surface area contributed by atoms with Gasteiger partial charge in [-0.05, 0) is 31.1 Å². The van der Waals surface area contributed by atoms with Crippen LogP contribution in [0.5, 0.6) is 0 Å². The number of hydrogen-bond donors (Lipinski definition) is 1. The second kappa shape index (κ2) is 3.94. The summed E-state index contributed by atoms with van der Waals surface area (Å²) in [7, 11) is 0. The first-order valence-electron chi connectivity index (χ1n) is 7.05. The molecule has 1 aromatic rings. The molecule has 2 aliphatic rings. The molecule has 1 aromatic heterocycles. The Morgan fingerprint density at radius 1 is 1.28 bits per heavy atom. The van der Waals surface area contributed by atoms with E-state index in [1.54, 1.807) is 6.07 Å². The lowest BCUT2D eigenvalue weighted by Gasteiger charge is -2.23. The van der Waals surface area contributed by atoms with Gasteiger partial charge < -0.3 is 4.98 Å². The average Bonchev–Trinajstić information content (AvgIpc) is 2.88. The van der Waals surface area contributed by atoms with E-state index in [1.807, 2.05) is 0 Å². The fourth-order valence-electron chi connectivity index (χ4n) is 3.62. The van der Waals surface area contributed by atoms with Crippen molar-refractivity contribution in [3.05, 3.63) is 27.9 Å². The van der Waals surface area contributed by atoms with Crippen LogP contribution in [0.15, 0.2) is 10.9 Å². The second-order valence-corrected chi connectivity index (χ2v) is 7.05. The van der Waals surface area contributed by atoms with E-state index in [2.05, 4.69) is 25.8 Å². The minimum Gasteiger partial charge on any atom is -0.310 e. The van der Waals surface area contributed by atoms with Gasteiger partial charge in [0.15, 0.2) is 0 Å². The van der Waals surface area contributed by atoms with Gasteiger partial charge in [-0.2, -0.15) is 0 Å². The van der Waals surface area contributed by atoms with Crippen molar-refractivity contribution in [1.29, 1.82) is 0 Å². The number of aromatic nitrogens is 2. The number of hydrogen-bond acceptors (Lipinski definition) is 2. The van der Waals surface area contributed by atoms with Crippen molar-refractivity contribution in [2.24, 2.45) is 11.8 Å². The van der Waals surface area contributed by atoms with Crippen LogP contribution in [0.3, 0.4) is 0 Å². The lowest BCUT2D eigenvalue weighted by molar-refractivity contribution is 0.401. The van der Waals surface area contributed by atoms with Gasteiger partial charge in [-0.1, -0.05) is 27.2 Å². The van der Waals surface area contributed by atoms with Gasteiger partial charge in [-0.3, -0.25) is 4.79 Å². The summed E-state index contributed by atoms with van der Waals surface area (Å²) in [5.74, 6) is 3.08. The Morgan fingerprint density at radius 2 is 2.06 bits per heavy atom. The Kier molecular flexibility index (Phi) is 2.61. The predicted molar refractivity (Wildman–Crippen MR) is 71.7 cm³/mol. The lowest BCUT2D eigenvalue weighted by Crippen LogP contribution is -2.24. The molecule has 0 radical (unpaired) electrons. The van der Waals surface area contributed by atoms with Gasteiger partial charge in [0.1, 0.15) is 5.82 Å². The molecule has 1 heterocycles. The Balaban J connectivity index is 1.98. The summed E-state index contributed by atoms with van der Waals surface area (Å²) in [6, 6.07) is 1.65. The van der Waals surface area contributed by atoms with Gasteiger partial charge in [0, 0.05) is 17.4 Å². The predicted octanol–water partition coefficient (Wildman–Crippen LogP) is 2.97. The van der Waals surface area contributed by atoms with Gasteiger partial charge >= 0.3 is 0 Å². The first-order valence-corrected chi connectivity index (χ1v) is 7.05. The third kappa shape index (κ3) is 2.00. The van der Waals surface area contributed by atoms with E-state index in [0.717, 1.165) is 23.4 Å². The maximum Gasteiger partial charge on any atom is 0.251 e. The summed E-state index contributed by atoms with van der Waals surface area (Å²) >= 11 is 0. The highest BCUT2D eigenvalue weighted by molar-refractivity contribution is 5.16. The van der Waals surface area contributed by atoms with Gasteiger partial charge in [-0.15, -0.1) is 0 Å². The number of H-pyrrole nitrogens is 1. The molecule has 3 unspecified atom stereocenters. The smallest absolute Gasteiger partial charge is 0.251 e. The molecule has 0 amide bonds. The third-order valence-corrected chi connectivity index (χ3v) is 4.62. The van der Waals surface area contributed by atoms with Crippen LogP contribution >= 0.6 is 0 Å². The van der Waals surface area contributed by atoms with Crippen LogP contribution in [-0.2, 0) is 5.41 Å². The third-order valence-electron chi connectivity index (χ3n) is 4.62. The molecule has 3 nitrogen and oxygen atoms in total. The van der Waals surface area contributed by atoms with Crippen LogP contribution in [-0.4, -0.2) is 9.97 Å². The average molecular weight is 246 g/mol. The number of rotatable bonds is 1. The first-order chi connectivity index (χ1) is 8.43. The second-order valence-electron chi connectivity index (χ2n) is 7.05. The standard InChI is InChI=1S/C15H22N2O/c1-15(2,3)12-8-13(18)17-14(16-12)11-7-9-4-5-10(11)6-9/h8-11H,4-7H2,1-3H3,(H,16,17,18). The topological polar surface area (TPSA) is 45.8 Å². The van der Waals surface area contributed by atoms with Gasteiger partial charge in [0.05, 0.1) is 5.69 Å². The molecule has 0 aliphatic heterocycles. The fourth-order valence-corrected chi connectivity index (χ4v) is 3.62. The molecule has 3 heteroatoms. The highest BCUT2D eigenvalue weighted by Gasteiger charge is 2.41. The number of nitrogens with one attached hydrogen (secondary N) is 1. The SMILES string of the molecule is CC(C)(C)c1cc(=O)[nH]c(C2CC3CCC2C3)n1. The number of nitrogens with zero attached hydrogens (tertiary/aromatic N) is 1. The highest BCUT2D eigenvalue weighted by Crippen LogP contribution is 2.52. The molecule has 0 spiro atoms. The largest absolute Gasteiger partial charge is 0.310 e. The number of fused-ring (bicyclic) bond motifs is 2. The molecular weight excluding hydrogens is 224 g/mol. The van der Waals surface area contributed by atoms with Crippen LogP contribution in [0.4, 0.5) is 0 Å². The summed E-state index contributed by atoms with van der Waals surface area (Å²) in [5, 5.41) is 0. The van der Waals surface area contributed by atoms with E-state index in [0.29, 0.717) is 5.92 Å². The highest BCUT2D eigenvalue weighted by atomic mass is 16.1. The normalized spacial score (nSPS) is 30.9. The van der Waals surface area contributed by atoms with Crippen LogP contribution in [0.1, 0.15) is 63.9 Å². The molecule has 2 bridgehead atoms. The summed E-state index contributed by atoms with van der Waals surface area (Å²) in [6.45, 7) is 6.33. The minimum absolute atomic E-state index is 0.00713. The minimum atomic E-state index is -0.0549. The fraction of sp³-hybridized carbons (Fsp3) is 0.733. The zero-order chi connectivity index (χ0) is 12.9. The zero-order valence-electron chi connectivity index (χ0n) is 11.5.